The number of aromatic hydroxyl groups is 2. The van der Waals surface area contributed by atoms with Crippen LogP contribution in [0.4, 0.5) is 11.4 Å². The van der Waals surface area contributed by atoms with Crippen LogP contribution in [0.2, 0.25) is 0 Å². The van der Waals surface area contributed by atoms with Gasteiger partial charge in [0.1, 0.15) is 47.7 Å². The monoisotopic (exact) mass is 578 g/mol. The maximum absolute atomic E-state index is 11.1. The van der Waals surface area contributed by atoms with Crippen LogP contribution in [0.15, 0.2) is 61.2 Å². The summed E-state index contributed by atoms with van der Waals surface area (Å²) in [7, 11) is 0. The number of hydrogen-bond donors (Lipinski definition) is 2. The first kappa shape index (κ1) is 29.4. The average Bonchev–Trinajstić information content (AvgIpc) is 3.54. The van der Waals surface area contributed by atoms with Crippen LogP contribution in [-0.2, 0) is 13.1 Å². The highest BCUT2D eigenvalue weighted by molar-refractivity contribution is 6.33. The third-order valence-electron chi connectivity index (χ3n) is 5.96. The molecule has 13 nitrogen and oxygen atoms in total. The summed E-state index contributed by atoms with van der Waals surface area (Å²) in [5, 5.41) is 41.4. The van der Waals surface area contributed by atoms with Gasteiger partial charge >= 0.3 is 11.7 Å². The normalized spacial score (nSPS) is 15.5. The molecule has 204 valence electrons. The van der Waals surface area contributed by atoms with Gasteiger partial charge in [0.25, 0.3) is 11.4 Å². The largest absolute Gasteiger partial charge is 0.508 e. The molecule has 2 radical (unpaired) electrons. The van der Waals surface area contributed by atoms with E-state index in [1.54, 1.807) is 34.6 Å². The number of halogens is 2. The van der Waals surface area contributed by atoms with Gasteiger partial charge in [0.15, 0.2) is 12.4 Å². The van der Waals surface area contributed by atoms with Crippen molar-refractivity contribution in [2.45, 2.75) is 36.7 Å². The van der Waals surface area contributed by atoms with Crippen LogP contribution in [0.5, 0.6) is 11.5 Å². The van der Waals surface area contributed by atoms with Gasteiger partial charge in [-0.25, -0.2) is 9.80 Å². The number of nitrogens with zero attached hydrogens (tertiary/aromatic N) is 6. The molecule has 0 bridgehead atoms. The molecule has 0 aliphatic carbocycles. The highest BCUT2D eigenvalue weighted by Gasteiger charge is 2.36. The fourth-order valence-electron chi connectivity index (χ4n) is 4.01. The number of amidine groups is 2. The Bertz CT molecular complexity index is 1280. The Morgan fingerprint density at radius 3 is 1.51 bits per heavy atom. The first-order chi connectivity index (χ1) is 18.1. The van der Waals surface area contributed by atoms with E-state index < -0.39 is 20.6 Å². The Morgan fingerprint density at radius 2 is 1.15 bits per heavy atom. The van der Waals surface area contributed by atoms with Gasteiger partial charge in [-0.05, 0) is 35.0 Å². The summed E-state index contributed by atoms with van der Waals surface area (Å²) in [6.45, 7) is 0.265. The molecule has 2 heterocycles. The minimum absolute atomic E-state index is 0. The summed E-state index contributed by atoms with van der Waals surface area (Å²) in [6.07, 6.45) is 7.25. The summed E-state index contributed by atoms with van der Waals surface area (Å²) >= 11 is 13.3. The van der Waals surface area contributed by atoms with Gasteiger partial charge in [-0.2, -0.15) is 0 Å². The number of phenols is 2. The summed E-state index contributed by atoms with van der Waals surface area (Å²) in [4.78, 5) is 33.2. The van der Waals surface area contributed by atoms with E-state index in [1.165, 1.54) is 36.4 Å². The number of benzene rings is 2. The molecular weight excluding hydrogens is 555 g/mol. The van der Waals surface area contributed by atoms with E-state index in [0.717, 1.165) is 0 Å². The lowest BCUT2D eigenvalue weighted by atomic mass is 10.1. The molecule has 2 aliphatic heterocycles. The molecule has 0 amide bonds. The Kier molecular flexibility index (Phi) is 9.46. The number of aliphatic imine (C=N–C) groups is 2. The fraction of sp³-hybridized carbons (Fsp3) is 0.250. The number of nitro benzene ring substituents is 2. The molecule has 2 aromatic carbocycles. The van der Waals surface area contributed by atoms with Crippen LogP contribution in [-0.4, -0.2) is 57.8 Å². The summed E-state index contributed by atoms with van der Waals surface area (Å²) in [5.41, 5.74) is 0.425. The van der Waals surface area contributed by atoms with Crippen LogP contribution in [0.3, 0.4) is 0 Å². The van der Waals surface area contributed by atoms with Crippen LogP contribution >= 0.6 is 23.2 Å². The summed E-state index contributed by atoms with van der Waals surface area (Å²) < 4.78 is 0. The van der Waals surface area contributed by atoms with Crippen molar-refractivity contribution in [1.29, 1.82) is 0 Å². The van der Waals surface area contributed by atoms with Crippen molar-refractivity contribution in [2.75, 3.05) is 0 Å². The highest BCUT2D eigenvalue weighted by Crippen LogP contribution is 2.28. The number of alkyl halides is 2. The lowest BCUT2D eigenvalue weighted by Gasteiger charge is -2.17. The van der Waals surface area contributed by atoms with E-state index in [1.807, 2.05) is 0 Å². The molecule has 4 N–H and O–H groups in total. The van der Waals surface area contributed by atoms with Gasteiger partial charge in [0.2, 0.25) is 0 Å². The Balaban J connectivity index is 0.00000420. The second kappa shape index (κ2) is 12.6. The Hall–Kier alpha value is -4.20. The van der Waals surface area contributed by atoms with Gasteiger partial charge in [0, 0.05) is 35.4 Å². The molecule has 0 fully saturated rings. The number of nitro groups is 2. The van der Waals surface area contributed by atoms with E-state index in [2.05, 4.69) is 9.98 Å². The smallest absolute Gasteiger partial charge is 0.316 e. The SMILES string of the molecule is O.O=[N+]([O-])c1ccc(O)c(CN2C=C[N+]=C2C(Cl)CCC(Cl)C2=[N+]C=CN2Cc2cc([N+](=O)[O-])ccc2O)c1. The quantitative estimate of drug-likeness (QED) is 0.230. The molecule has 4 rings (SSSR count). The van der Waals surface area contributed by atoms with Crippen molar-refractivity contribution in [3.63, 3.8) is 0 Å². The van der Waals surface area contributed by atoms with E-state index in [4.69, 9.17) is 23.2 Å². The summed E-state index contributed by atoms with van der Waals surface area (Å²) in [5.74, 6) is 0.852. The van der Waals surface area contributed by atoms with Crippen LogP contribution in [0.25, 0.3) is 0 Å². The standard InChI is InChI=1S/C24H22Cl2N6O6.H2O/c25-19(23-27-7-9-29(23)13-15-11-17(31(35)36)1-5-21(15)33)3-4-20(26)24-28-8-10-30(24)14-16-12-18(32(37)38)2-6-22(16)34;/h1-2,5-12,19-20,33-34H,3-4,13-14H2;1H2/q+2;. The third kappa shape index (κ3) is 6.82. The predicted octanol–water partition coefficient (Wildman–Crippen LogP) is 2.83. The fourth-order valence-corrected chi connectivity index (χ4v) is 4.63. The average molecular weight is 579 g/mol. The molecular formula is C24H24Cl2N6O7+2. The zero-order valence-electron chi connectivity index (χ0n) is 20.2. The van der Waals surface area contributed by atoms with Crippen molar-refractivity contribution in [3.8, 4) is 11.5 Å². The maximum atomic E-state index is 11.1. The lowest BCUT2D eigenvalue weighted by Crippen LogP contribution is -2.35. The molecule has 0 saturated heterocycles. The second-order valence-electron chi connectivity index (χ2n) is 8.48. The van der Waals surface area contributed by atoms with Crippen molar-refractivity contribution in [3.05, 3.63) is 92.6 Å². The topological polar surface area (TPSA) is 193 Å². The first-order valence-corrected chi connectivity index (χ1v) is 12.2. The number of non-ortho nitro benzene ring substituents is 2. The van der Waals surface area contributed by atoms with Crippen molar-refractivity contribution < 1.29 is 25.5 Å². The van der Waals surface area contributed by atoms with Gasteiger partial charge < -0.3 is 15.7 Å². The van der Waals surface area contributed by atoms with Crippen LogP contribution < -0.4 is 9.98 Å². The molecule has 2 atom stereocenters. The zero-order valence-corrected chi connectivity index (χ0v) is 21.7. The van der Waals surface area contributed by atoms with E-state index in [-0.39, 0.29) is 41.4 Å². The lowest BCUT2D eigenvalue weighted by molar-refractivity contribution is -0.385. The number of rotatable bonds is 11. The minimum Gasteiger partial charge on any atom is -0.508 e. The van der Waals surface area contributed by atoms with Crippen molar-refractivity contribution >= 4 is 46.2 Å². The second-order valence-corrected chi connectivity index (χ2v) is 9.53. The van der Waals surface area contributed by atoms with Gasteiger partial charge in [-0.1, -0.05) is 0 Å². The van der Waals surface area contributed by atoms with Gasteiger partial charge in [-0.15, -0.1) is 23.2 Å². The van der Waals surface area contributed by atoms with E-state index in [9.17, 15) is 30.4 Å². The first-order valence-electron chi connectivity index (χ1n) is 11.4. The molecule has 2 unspecified atom stereocenters. The zero-order chi connectivity index (χ0) is 27.4. The Labute approximate surface area is 232 Å². The third-order valence-corrected chi connectivity index (χ3v) is 6.79. The molecule has 2 aliphatic rings. The molecule has 2 aromatic rings. The molecule has 39 heavy (non-hydrogen) atoms. The predicted molar refractivity (Wildman–Crippen MR) is 145 cm³/mol. The minimum atomic E-state index is -0.559. The molecule has 0 aromatic heterocycles. The highest BCUT2D eigenvalue weighted by atomic mass is 35.5. The molecule has 0 saturated carbocycles. The molecule has 0 spiro atoms. The Morgan fingerprint density at radius 1 is 0.769 bits per heavy atom. The van der Waals surface area contributed by atoms with Crippen molar-refractivity contribution in [2.24, 2.45) is 0 Å². The number of hydrogen-bond acceptors (Lipinski definition) is 10. The molecule has 15 heteroatoms. The van der Waals surface area contributed by atoms with Gasteiger partial charge in [0.05, 0.1) is 9.85 Å². The van der Waals surface area contributed by atoms with E-state index in [0.29, 0.717) is 35.6 Å². The van der Waals surface area contributed by atoms with Crippen LogP contribution in [0.1, 0.15) is 24.0 Å². The number of phenolic OH excluding ortho intramolecular Hbond substituents is 2. The van der Waals surface area contributed by atoms with Crippen LogP contribution in [0, 0.1) is 20.2 Å². The summed E-state index contributed by atoms with van der Waals surface area (Å²) in [6, 6.07) is 7.60. The van der Waals surface area contributed by atoms with Gasteiger partial charge in [-0.3, -0.25) is 20.2 Å². The van der Waals surface area contributed by atoms with E-state index >= 15 is 0 Å². The maximum Gasteiger partial charge on any atom is 0.316 e. The van der Waals surface area contributed by atoms with Crippen molar-refractivity contribution in [1.82, 2.24) is 19.8 Å².